The molecular weight excluding hydrogens is 532 g/mol. The second kappa shape index (κ2) is 10.6. The van der Waals surface area contributed by atoms with Gasteiger partial charge in [0.05, 0.1) is 18.8 Å². The van der Waals surface area contributed by atoms with E-state index in [-0.39, 0.29) is 18.1 Å². The molecule has 0 fully saturated rings. The topological polar surface area (TPSA) is 113 Å². The van der Waals surface area contributed by atoms with Gasteiger partial charge in [0, 0.05) is 68.5 Å². The van der Waals surface area contributed by atoms with Crippen LogP contribution in [0.4, 0.5) is 17.3 Å². The van der Waals surface area contributed by atoms with E-state index in [9.17, 15) is 14.7 Å². The van der Waals surface area contributed by atoms with E-state index >= 15 is 0 Å². The molecule has 0 aromatic carbocycles. The Hall–Kier alpha value is -4.22. The Kier molecular flexibility index (Phi) is 6.70. The van der Waals surface area contributed by atoms with Gasteiger partial charge in [-0.05, 0) is 61.6 Å². The summed E-state index contributed by atoms with van der Waals surface area (Å²) in [7, 11) is 1.71. The van der Waals surface area contributed by atoms with Crippen molar-refractivity contribution in [3.8, 4) is 11.1 Å². The monoisotopic (exact) mass is 568 g/mol. The molecule has 7 rings (SSSR count). The first-order valence-corrected chi connectivity index (χ1v) is 14.8. The highest BCUT2D eigenvalue weighted by atomic mass is 16.3. The molecule has 3 aliphatic rings. The summed E-state index contributed by atoms with van der Waals surface area (Å²) < 4.78 is 5.69. The second-order valence-corrected chi connectivity index (χ2v) is 11.4. The van der Waals surface area contributed by atoms with Gasteiger partial charge in [0.15, 0.2) is 5.82 Å². The van der Waals surface area contributed by atoms with Crippen molar-refractivity contribution in [1.82, 2.24) is 28.8 Å². The minimum atomic E-state index is -0.299. The first kappa shape index (κ1) is 26.7. The predicted octanol–water partition coefficient (Wildman–Crippen LogP) is 3.06. The highest BCUT2D eigenvalue weighted by Crippen LogP contribution is 2.34. The number of nitrogens with zero attached hydrogens (tertiary/aromatic N) is 7. The van der Waals surface area contributed by atoms with Crippen LogP contribution < -0.4 is 15.8 Å². The zero-order chi connectivity index (χ0) is 29.0. The minimum absolute atomic E-state index is 0.0943. The lowest BCUT2D eigenvalue weighted by Crippen LogP contribution is -2.41. The van der Waals surface area contributed by atoms with Crippen LogP contribution in [0.25, 0.3) is 11.1 Å². The summed E-state index contributed by atoms with van der Waals surface area (Å²) in [5.41, 5.74) is 6.58. The van der Waals surface area contributed by atoms with Gasteiger partial charge >= 0.3 is 0 Å². The number of hydrogen-bond acceptors (Lipinski definition) is 7. The first-order chi connectivity index (χ1) is 20.4. The van der Waals surface area contributed by atoms with Gasteiger partial charge in [0.2, 0.25) is 0 Å². The number of likely N-dealkylation sites (N-methyl/N-ethyl adjacent to an activating group) is 1. The van der Waals surface area contributed by atoms with Crippen LogP contribution in [0.1, 0.15) is 52.8 Å². The fourth-order valence-corrected chi connectivity index (χ4v) is 6.72. The van der Waals surface area contributed by atoms with Gasteiger partial charge in [0.1, 0.15) is 17.2 Å². The normalized spacial score (nSPS) is 16.7. The summed E-state index contributed by atoms with van der Waals surface area (Å²) in [6.45, 7) is 6.60. The lowest BCUT2D eigenvalue weighted by Gasteiger charge is -2.30. The van der Waals surface area contributed by atoms with E-state index in [0.29, 0.717) is 41.7 Å². The number of carbonyl (C=O) groups is 1. The number of pyridine rings is 2. The number of aromatic nitrogens is 5. The highest BCUT2D eigenvalue weighted by molar-refractivity contribution is 6.06. The maximum Gasteiger partial charge on any atom is 0.276 e. The first-order valence-electron chi connectivity index (χ1n) is 14.8. The van der Waals surface area contributed by atoms with Crippen LogP contribution >= 0.6 is 0 Å². The Morgan fingerprint density at radius 2 is 1.90 bits per heavy atom. The molecule has 42 heavy (non-hydrogen) atoms. The van der Waals surface area contributed by atoms with Crippen LogP contribution in [0.15, 0.2) is 41.5 Å². The van der Waals surface area contributed by atoms with E-state index in [2.05, 4.69) is 31.8 Å². The van der Waals surface area contributed by atoms with E-state index in [1.165, 1.54) is 15.8 Å². The molecule has 1 aliphatic carbocycles. The van der Waals surface area contributed by atoms with Crippen molar-refractivity contribution in [2.75, 3.05) is 29.9 Å². The molecule has 0 bridgehead atoms. The minimum Gasteiger partial charge on any atom is -0.392 e. The Morgan fingerprint density at radius 1 is 1.05 bits per heavy atom. The van der Waals surface area contributed by atoms with Gasteiger partial charge in [-0.2, -0.15) is 5.10 Å². The van der Waals surface area contributed by atoms with Crippen LogP contribution in [0, 0.1) is 0 Å². The average molecular weight is 569 g/mol. The number of hydrogen-bond donors (Lipinski definition) is 2. The molecule has 0 saturated carbocycles. The fraction of sp³-hybridized carbons (Fsp3) is 0.419. The van der Waals surface area contributed by atoms with Gasteiger partial charge in [-0.1, -0.05) is 6.92 Å². The molecule has 0 radical (unpaired) electrons. The van der Waals surface area contributed by atoms with Crippen LogP contribution in [-0.4, -0.2) is 59.4 Å². The van der Waals surface area contributed by atoms with E-state index < -0.39 is 0 Å². The smallest absolute Gasteiger partial charge is 0.276 e. The third kappa shape index (κ3) is 4.44. The van der Waals surface area contributed by atoms with Crippen LogP contribution in [0.2, 0.25) is 0 Å². The van der Waals surface area contributed by atoms with E-state index in [4.69, 9.17) is 0 Å². The lowest BCUT2D eigenvalue weighted by atomic mass is 9.98. The lowest BCUT2D eigenvalue weighted by molar-refractivity contribution is 0.0963. The summed E-state index contributed by atoms with van der Waals surface area (Å²) >= 11 is 0. The average Bonchev–Trinajstić information content (AvgIpc) is 3.60. The zero-order valence-corrected chi connectivity index (χ0v) is 24.1. The van der Waals surface area contributed by atoms with Crippen molar-refractivity contribution in [2.45, 2.75) is 58.8 Å². The number of aliphatic hydroxyl groups is 1. The molecule has 2 aliphatic heterocycles. The second-order valence-electron chi connectivity index (χ2n) is 11.4. The summed E-state index contributed by atoms with van der Waals surface area (Å²) in [5.74, 6) is 0.985. The van der Waals surface area contributed by atoms with Crippen molar-refractivity contribution in [1.29, 1.82) is 0 Å². The maximum absolute atomic E-state index is 13.7. The third-order valence-corrected chi connectivity index (χ3v) is 8.95. The summed E-state index contributed by atoms with van der Waals surface area (Å²) in [4.78, 5) is 35.5. The van der Waals surface area contributed by atoms with Crippen molar-refractivity contribution < 1.29 is 9.90 Å². The van der Waals surface area contributed by atoms with Crippen LogP contribution in [-0.2, 0) is 46.1 Å². The Balaban J connectivity index is 1.22. The molecule has 0 unspecified atom stereocenters. The van der Waals surface area contributed by atoms with Crippen molar-refractivity contribution in [2.24, 2.45) is 7.05 Å². The molecule has 4 aromatic rings. The van der Waals surface area contributed by atoms with Crippen molar-refractivity contribution >= 4 is 23.2 Å². The number of rotatable bonds is 6. The Labute approximate surface area is 244 Å². The molecule has 0 atom stereocenters. The molecule has 0 spiro atoms. The number of fused-ring (bicyclic) bond motifs is 4. The van der Waals surface area contributed by atoms with Gasteiger partial charge < -0.3 is 19.6 Å². The quantitative estimate of drug-likeness (QED) is 0.368. The number of anilines is 3. The summed E-state index contributed by atoms with van der Waals surface area (Å²) in [6, 6.07) is 7.65. The van der Waals surface area contributed by atoms with E-state index in [1.54, 1.807) is 30.4 Å². The molecule has 6 heterocycles. The largest absolute Gasteiger partial charge is 0.392 e. The van der Waals surface area contributed by atoms with Crippen molar-refractivity contribution in [3.05, 3.63) is 75.2 Å². The molecule has 218 valence electrons. The molecule has 4 aromatic heterocycles. The zero-order valence-electron chi connectivity index (χ0n) is 24.1. The van der Waals surface area contributed by atoms with Crippen molar-refractivity contribution in [3.63, 3.8) is 0 Å². The fourth-order valence-electron chi connectivity index (χ4n) is 6.72. The van der Waals surface area contributed by atoms with Gasteiger partial charge in [-0.25, -0.2) is 4.98 Å². The summed E-state index contributed by atoms with van der Waals surface area (Å²) in [5, 5.41) is 18.5. The van der Waals surface area contributed by atoms with E-state index in [0.717, 1.165) is 68.7 Å². The van der Waals surface area contributed by atoms with Crippen LogP contribution in [0.5, 0.6) is 0 Å². The molecular formula is C31H36N8O3. The predicted molar refractivity (Wildman–Crippen MR) is 160 cm³/mol. The molecule has 11 nitrogen and oxygen atoms in total. The Bertz CT molecular complexity index is 1750. The van der Waals surface area contributed by atoms with E-state index in [1.807, 2.05) is 22.9 Å². The summed E-state index contributed by atoms with van der Waals surface area (Å²) in [6.07, 6.45) is 7.75. The molecule has 11 heteroatoms. The molecule has 2 N–H and O–H groups in total. The SMILES string of the molecule is CCN1CCn2nc(Nc3cc(-c4ccnc(N5CCn6c(cc7c6CCCC7)C5=O)c4CO)cn(C)c3=O)cc2C1. The van der Waals surface area contributed by atoms with Gasteiger partial charge in [-0.3, -0.25) is 24.1 Å². The van der Waals surface area contributed by atoms with Gasteiger partial charge in [-0.15, -0.1) is 0 Å². The number of aryl methyl sites for hydroxylation is 2. The number of nitrogens with one attached hydrogen (secondary N) is 1. The Morgan fingerprint density at radius 3 is 2.74 bits per heavy atom. The number of amides is 1. The van der Waals surface area contributed by atoms with Gasteiger partial charge in [0.25, 0.3) is 11.5 Å². The number of aliphatic hydroxyl groups excluding tert-OH is 1. The highest BCUT2D eigenvalue weighted by Gasteiger charge is 2.32. The van der Waals surface area contributed by atoms with Crippen LogP contribution in [0.3, 0.4) is 0 Å². The standard InChI is InChI=1S/C31H36N8O3/c1-3-36-10-13-39-22(18-36)16-28(34-39)33-25-14-21(17-35(2)30(25)41)23-8-9-32-29(24(23)19-40)38-12-11-37-26-7-5-4-6-20(26)15-27(37)31(38)42/h8-9,14-17,40H,3-7,10-13,18-19H2,1-2H3,(H,33,34). The number of carbonyl (C=O) groups excluding carboxylic acids is 1. The molecule has 0 saturated heterocycles. The maximum atomic E-state index is 13.7. The third-order valence-electron chi connectivity index (χ3n) is 8.95. The molecule has 1 amide bonds.